The first-order chi connectivity index (χ1) is 10.0. The molecule has 1 aromatic heterocycles. The zero-order valence-electron chi connectivity index (χ0n) is 11.3. The van der Waals surface area contributed by atoms with Crippen molar-refractivity contribution < 1.29 is 13.5 Å². The fourth-order valence-electron chi connectivity index (χ4n) is 1.68. The number of aryl methyl sites for hydroxylation is 1. The molecule has 0 saturated heterocycles. The van der Waals surface area contributed by atoms with Gasteiger partial charge in [-0.15, -0.1) is 11.3 Å². The lowest BCUT2D eigenvalue weighted by Gasteiger charge is -2.08. The van der Waals surface area contributed by atoms with Gasteiger partial charge in [0.05, 0.1) is 11.4 Å². The average molecular weight is 322 g/mol. The van der Waals surface area contributed by atoms with Crippen LogP contribution in [0.4, 0.5) is 0 Å². The summed E-state index contributed by atoms with van der Waals surface area (Å²) in [7, 11) is -3.63. The molecule has 1 aromatic carbocycles. The van der Waals surface area contributed by atoms with Gasteiger partial charge in [0, 0.05) is 17.1 Å². The quantitative estimate of drug-likeness (QED) is 0.831. The lowest BCUT2D eigenvalue weighted by atomic mass is 10.1. The molecule has 0 unspecified atom stereocenters. The fourth-order valence-corrected chi connectivity index (χ4v) is 3.59. The van der Waals surface area contributed by atoms with Crippen LogP contribution in [0.3, 0.4) is 0 Å². The largest absolute Gasteiger partial charge is 0.384 e. The number of benzene rings is 1. The van der Waals surface area contributed by atoms with Crippen molar-refractivity contribution in [1.82, 2.24) is 9.71 Å². The molecule has 0 radical (unpaired) electrons. The van der Waals surface area contributed by atoms with Crippen LogP contribution in [0.1, 0.15) is 16.1 Å². The second kappa shape index (κ2) is 6.83. The summed E-state index contributed by atoms with van der Waals surface area (Å²) in [5, 5.41) is 11.2. The number of hydrogen-bond acceptors (Lipinski definition) is 5. The van der Waals surface area contributed by atoms with Gasteiger partial charge in [-0.1, -0.05) is 17.9 Å². The Hall–Kier alpha value is -1.72. The molecule has 0 aliphatic carbocycles. The summed E-state index contributed by atoms with van der Waals surface area (Å²) in [6, 6.07) is 4.92. The molecular weight excluding hydrogens is 308 g/mol. The van der Waals surface area contributed by atoms with Crippen molar-refractivity contribution in [2.24, 2.45) is 0 Å². The first-order valence-electron chi connectivity index (χ1n) is 6.11. The molecule has 0 amide bonds. The van der Waals surface area contributed by atoms with Gasteiger partial charge in [-0.3, -0.25) is 0 Å². The van der Waals surface area contributed by atoms with Crippen LogP contribution in [-0.4, -0.2) is 25.1 Å². The summed E-state index contributed by atoms with van der Waals surface area (Å²) in [4.78, 5) is 4.22. The van der Waals surface area contributed by atoms with Crippen molar-refractivity contribution in [3.05, 3.63) is 45.9 Å². The number of nitrogens with one attached hydrogen (secondary N) is 1. The third-order valence-corrected chi connectivity index (χ3v) is 5.01. The SMILES string of the molecule is Cc1ccc(C#CCO)cc1S(=O)(=O)NCc1nccs1. The molecule has 7 heteroatoms. The minimum absolute atomic E-state index is 0.159. The zero-order chi connectivity index (χ0) is 15.3. The Kier molecular flexibility index (Phi) is 5.09. The van der Waals surface area contributed by atoms with E-state index in [9.17, 15) is 8.42 Å². The van der Waals surface area contributed by atoms with E-state index in [1.807, 2.05) is 0 Å². The summed E-state index contributed by atoms with van der Waals surface area (Å²) in [6.07, 6.45) is 1.63. The molecule has 2 aromatic rings. The third kappa shape index (κ3) is 4.12. The van der Waals surface area contributed by atoms with E-state index in [1.54, 1.807) is 30.6 Å². The fraction of sp³-hybridized carbons (Fsp3) is 0.214. The summed E-state index contributed by atoms with van der Waals surface area (Å²) in [6.45, 7) is 1.62. The van der Waals surface area contributed by atoms with E-state index in [2.05, 4.69) is 21.5 Å². The van der Waals surface area contributed by atoms with Crippen LogP contribution in [0.5, 0.6) is 0 Å². The van der Waals surface area contributed by atoms with Gasteiger partial charge in [0.2, 0.25) is 10.0 Å². The van der Waals surface area contributed by atoms with E-state index in [-0.39, 0.29) is 18.0 Å². The number of aromatic nitrogens is 1. The van der Waals surface area contributed by atoms with E-state index in [1.165, 1.54) is 17.4 Å². The maximum Gasteiger partial charge on any atom is 0.241 e. The van der Waals surface area contributed by atoms with Crippen LogP contribution in [0.2, 0.25) is 0 Å². The average Bonchev–Trinajstić information content (AvgIpc) is 2.97. The van der Waals surface area contributed by atoms with Crippen molar-refractivity contribution in [3.63, 3.8) is 0 Å². The molecule has 0 saturated carbocycles. The minimum Gasteiger partial charge on any atom is -0.384 e. The lowest BCUT2D eigenvalue weighted by Crippen LogP contribution is -2.24. The van der Waals surface area contributed by atoms with Gasteiger partial charge >= 0.3 is 0 Å². The second-order valence-electron chi connectivity index (χ2n) is 4.19. The molecule has 110 valence electrons. The highest BCUT2D eigenvalue weighted by Crippen LogP contribution is 2.17. The Morgan fingerprint density at radius 1 is 1.43 bits per heavy atom. The number of hydrogen-bond donors (Lipinski definition) is 2. The second-order valence-corrected chi connectivity index (χ2v) is 6.91. The summed E-state index contributed by atoms with van der Waals surface area (Å²) < 4.78 is 27.2. The highest BCUT2D eigenvalue weighted by atomic mass is 32.2. The normalized spacial score (nSPS) is 11.0. The Balaban J connectivity index is 2.26. The highest BCUT2D eigenvalue weighted by molar-refractivity contribution is 7.89. The van der Waals surface area contributed by atoms with Crippen molar-refractivity contribution in [3.8, 4) is 11.8 Å². The summed E-state index contributed by atoms with van der Waals surface area (Å²) >= 11 is 1.39. The Labute approximate surface area is 127 Å². The number of sulfonamides is 1. The molecule has 0 aliphatic heterocycles. The van der Waals surface area contributed by atoms with Crippen LogP contribution in [0.15, 0.2) is 34.7 Å². The van der Waals surface area contributed by atoms with Gasteiger partial charge < -0.3 is 5.11 Å². The predicted molar refractivity (Wildman–Crippen MR) is 81.3 cm³/mol. The maximum absolute atomic E-state index is 12.3. The zero-order valence-corrected chi connectivity index (χ0v) is 13.0. The molecule has 0 aliphatic rings. The summed E-state index contributed by atoms with van der Waals surface area (Å²) in [5.74, 6) is 5.20. The monoisotopic (exact) mass is 322 g/mol. The molecule has 0 atom stereocenters. The smallest absolute Gasteiger partial charge is 0.241 e. The standard InChI is InChI=1S/C14H14N2O3S2/c1-11-4-5-12(3-2-7-17)9-13(11)21(18,19)16-10-14-15-6-8-20-14/h4-6,8-9,16-17H,7,10H2,1H3. The molecule has 2 N–H and O–H groups in total. The molecule has 0 spiro atoms. The first-order valence-corrected chi connectivity index (χ1v) is 8.47. The van der Waals surface area contributed by atoms with Crippen LogP contribution in [0, 0.1) is 18.8 Å². The maximum atomic E-state index is 12.3. The van der Waals surface area contributed by atoms with Crippen molar-refractivity contribution in [2.75, 3.05) is 6.61 Å². The van der Waals surface area contributed by atoms with Crippen LogP contribution in [-0.2, 0) is 16.6 Å². The van der Waals surface area contributed by atoms with Gasteiger partial charge in [-0.25, -0.2) is 18.1 Å². The van der Waals surface area contributed by atoms with Gasteiger partial charge in [-0.05, 0) is 24.6 Å². The van der Waals surface area contributed by atoms with E-state index < -0.39 is 10.0 Å². The topological polar surface area (TPSA) is 79.3 Å². The lowest BCUT2D eigenvalue weighted by molar-refractivity contribution is 0.350. The molecule has 2 rings (SSSR count). The van der Waals surface area contributed by atoms with E-state index in [4.69, 9.17) is 5.11 Å². The third-order valence-electron chi connectivity index (χ3n) is 2.69. The molecule has 5 nitrogen and oxygen atoms in total. The van der Waals surface area contributed by atoms with Gasteiger partial charge in [0.15, 0.2) is 0 Å². The molecule has 0 bridgehead atoms. The van der Waals surface area contributed by atoms with Gasteiger partial charge in [0.25, 0.3) is 0 Å². The van der Waals surface area contributed by atoms with Crippen LogP contribution < -0.4 is 4.72 Å². The van der Waals surface area contributed by atoms with Crippen LogP contribution >= 0.6 is 11.3 Å². The number of aliphatic hydroxyl groups is 1. The van der Waals surface area contributed by atoms with Gasteiger partial charge in [0.1, 0.15) is 11.6 Å². The van der Waals surface area contributed by atoms with E-state index >= 15 is 0 Å². The van der Waals surface area contributed by atoms with Crippen molar-refractivity contribution in [1.29, 1.82) is 0 Å². The Morgan fingerprint density at radius 2 is 2.24 bits per heavy atom. The molecule has 1 heterocycles. The van der Waals surface area contributed by atoms with Crippen LogP contribution in [0.25, 0.3) is 0 Å². The number of nitrogens with zero attached hydrogens (tertiary/aromatic N) is 1. The van der Waals surface area contributed by atoms with Crippen molar-refractivity contribution in [2.45, 2.75) is 18.4 Å². The number of aliphatic hydroxyl groups excluding tert-OH is 1. The first kappa shape index (κ1) is 15.7. The Morgan fingerprint density at radius 3 is 2.90 bits per heavy atom. The van der Waals surface area contributed by atoms with E-state index in [0.29, 0.717) is 16.1 Å². The predicted octanol–water partition coefficient (Wildman–Crippen LogP) is 1.27. The minimum atomic E-state index is -3.63. The Bertz CT molecular complexity index is 772. The summed E-state index contributed by atoms with van der Waals surface area (Å²) in [5.41, 5.74) is 1.18. The highest BCUT2D eigenvalue weighted by Gasteiger charge is 2.17. The molecule has 21 heavy (non-hydrogen) atoms. The molecule has 0 fully saturated rings. The number of rotatable bonds is 4. The number of thiazole rings is 1. The molecular formula is C14H14N2O3S2. The van der Waals surface area contributed by atoms with Gasteiger partial charge in [-0.2, -0.15) is 0 Å². The van der Waals surface area contributed by atoms with E-state index in [0.717, 1.165) is 0 Å². The van der Waals surface area contributed by atoms with Crippen molar-refractivity contribution >= 4 is 21.4 Å².